The molecule has 1 aliphatic heterocycles. The molecular formula is C13H15BrN2O4. The first-order chi connectivity index (χ1) is 9.56. The van der Waals surface area contributed by atoms with Gasteiger partial charge in [0.15, 0.2) is 0 Å². The van der Waals surface area contributed by atoms with Gasteiger partial charge in [0.05, 0.1) is 5.56 Å². The molecule has 6 nitrogen and oxygen atoms in total. The summed E-state index contributed by atoms with van der Waals surface area (Å²) < 4.78 is 5.69. The summed E-state index contributed by atoms with van der Waals surface area (Å²) >= 11 is 3.15. The van der Waals surface area contributed by atoms with Crippen LogP contribution in [0.15, 0.2) is 22.7 Å². The van der Waals surface area contributed by atoms with E-state index in [1.807, 2.05) is 0 Å². The molecule has 0 radical (unpaired) electrons. The van der Waals surface area contributed by atoms with Crippen molar-refractivity contribution in [3.8, 4) is 0 Å². The molecular weight excluding hydrogens is 328 g/mol. The quantitative estimate of drug-likeness (QED) is 0.787. The number of rotatable bonds is 3. The number of hydrogen-bond donors (Lipinski definition) is 3. The zero-order valence-corrected chi connectivity index (χ0v) is 12.3. The van der Waals surface area contributed by atoms with Crippen molar-refractivity contribution < 1.29 is 19.4 Å². The minimum absolute atomic E-state index is 0.0955. The lowest BCUT2D eigenvalue weighted by atomic mass is 10.1. The number of anilines is 1. The van der Waals surface area contributed by atoms with Gasteiger partial charge in [-0.3, -0.25) is 0 Å². The number of benzene rings is 1. The second-order valence-corrected chi connectivity index (χ2v) is 5.34. The van der Waals surface area contributed by atoms with E-state index in [4.69, 9.17) is 9.84 Å². The first-order valence-corrected chi connectivity index (χ1v) is 7.03. The van der Waals surface area contributed by atoms with Crippen molar-refractivity contribution >= 4 is 33.6 Å². The van der Waals surface area contributed by atoms with Gasteiger partial charge < -0.3 is 20.5 Å². The molecule has 3 N–H and O–H groups in total. The number of carbonyl (C=O) groups is 2. The topological polar surface area (TPSA) is 87.7 Å². The van der Waals surface area contributed by atoms with E-state index in [-0.39, 0.29) is 17.6 Å². The minimum atomic E-state index is -1.05. The van der Waals surface area contributed by atoms with E-state index in [9.17, 15) is 9.59 Å². The zero-order chi connectivity index (χ0) is 14.5. The highest BCUT2D eigenvalue weighted by Crippen LogP contribution is 2.21. The SMILES string of the molecule is O=C(Nc1ccc(Br)c(C(=O)O)c1)NC1CCOCC1. The maximum Gasteiger partial charge on any atom is 0.336 e. The third-order valence-corrected chi connectivity index (χ3v) is 3.70. The van der Waals surface area contributed by atoms with E-state index in [0.717, 1.165) is 12.8 Å². The number of carbonyl (C=O) groups excluding carboxylic acids is 1. The third-order valence-electron chi connectivity index (χ3n) is 3.01. The lowest BCUT2D eigenvalue weighted by molar-refractivity contribution is 0.0695. The van der Waals surface area contributed by atoms with Crippen LogP contribution in [0.2, 0.25) is 0 Å². The van der Waals surface area contributed by atoms with E-state index < -0.39 is 5.97 Å². The van der Waals surface area contributed by atoms with Gasteiger partial charge in [0.1, 0.15) is 0 Å². The van der Waals surface area contributed by atoms with Gasteiger partial charge in [-0.05, 0) is 47.0 Å². The van der Waals surface area contributed by atoms with Crippen LogP contribution >= 0.6 is 15.9 Å². The Labute approximate surface area is 124 Å². The number of nitrogens with one attached hydrogen (secondary N) is 2. The van der Waals surface area contributed by atoms with Crippen LogP contribution in [0, 0.1) is 0 Å². The fourth-order valence-corrected chi connectivity index (χ4v) is 2.38. The van der Waals surface area contributed by atoms with Crippen molar-refractivity contribution in [3.63, 3.8) is 0 Å². The van der Waals surface area contributed by atoms with Crippen LogP contribution in [-0.4, -0.2) is 36.4 Å². The molecule has 0 atom stereocenters. The highest BCUT2D eigenvalue weighted by atomic mass is 79.9. The van der Waals surface area contributed by atoms with Crippen molar-refractivity contribution in [1.82, 2.24) is 5.32 Å². The Balaban J connectivity index is 1.96. The molecule has 1 aromatic carbocycles. The van der Waals surface area contributed by atoms with Crippen molar-refractivity contribution in [1.29, 1.82) is 0 Å². The molecule has 2 amide bonds. The summed E-state index contributed by atoms with van der Waals surface area (Å²) in [6, 6.07) is 4.40. The Morgan fingerprint density at radius 1 is 1.30 bits per heavy atom. The van der Waals surface area contributed by atoms with Gasteiger partial charge >= 0.3 is 12.0 Å². The van der Waals surface area contributed by atoms with Gasteiger partial charge in [0.25, 0.3) is 0 Å². The lowest BCUT2D eigenvalue weighted by Crippen LogP contribution is -2.41. The molecule has 1 aromatic rings. The Morgan fingerprint density at radius 3 is 2.65 bits per heavy atom. The molecule has 1 aliphatic rings. The van der Waals surface area contributed by atoms with Gasteiger partial charge in [-0.2, -0.15) is 0 Å². The van der Waals surface area contributed by atoms with Crippen LogP contribution in [0.25, 0.3) is 0 Å². The molecule has 1 saturated heterocycles. The fourth-order valence-electron chi connectivity index (χ4n) is 1.96. The largest absolute Gasteiger partial charge is 0.478 e. The van der Waals surface area contributed by atoms with Gasteiger partial charge in [-0.15, -0.1) is 0 Å². The van der Waals surface area contributed by atoms with Crippen LogP contribution in [0.1, 0.15) is 23.2 Å². The van der Waals surface area contributed by atoms with Crippen LogP contribution in [0.3, 0.4) is 0 Å². The van der Waals surface area contributed by atoms with E-state index in [1.54, 1.807) is 12.1 Å². The average molecular weight is 343 g/mol. The standard InChI is InChI=1S/C13H15BrN2O4/c14-11-2-1-9(7-10(11)12(17)18)16-13(19)15-8-3-5-20-6-4-8/h1-2,7-8H,3-6H2,(H,17,18)(H2,15,16,19). The van der Waals surface area contributed by atoms with Gasteiger partial charge in [-0.25, -0.2) is 9.59 Å². The number of amides is 2. The fraction of sp³-hybridized carbons (Fsp3) is 0.385. The van der Waals surface area contributed by atoms with E-state index in [2.05, 4.69) is 26.6 Å². The summed E-state index contributed by atoms with van der Waals surface area (Å²) in [7, 11) is 0. The van der Waals surface area contributed by atoms with Gasteiger partial charge in [0.2, 0.25) is 0 Å². The Hall–Kier alpha value is -1.60. The first-order valence-electron chi connectivity index (χ1n) is 6.24. The number of aromatic carboxylic acids is 1. The highest BCUT2D eigenvalue weighted by molar-refractivity contribution is 9.10. The first kappa shape index (κ1) is 14.8. The van der Waals surface area contributed by atoms with Crippen LogP contribution in [-0.2, 0) is 4.74 Å². The normalized spacial score (nSPS) is 15.7. The van der Waals surface area contributed by atoms with Crippen LogP contribution in [0.4, 0.5) is 10.5 Å². The number of carboxylic acid groups (broad SMARTS) is 1. The van der Waals surface area contributed by atoms with Crippen molar-refractivity contribution in [2.24, 2.45) is 0 Å². The van der Waals surface area contributed by atoms with Gasteiger partial charge in [0, 0.05) is 29.4 Å². The maximum absolute atomic E-state index is 11.8. The molecule has 0 aliphatic carbocycles. The van der Waals surface area contributed by atoms with Gasteiger partial charge in [-0.1, -0.05) is 0 Å². The van der Waals surface area contributed by atoms with E-state index in [0.29, 0.717) is 23.4 Å². The second-order valence-electron chi connectivity index (χ2n) is 4.48. The lowest BCUT2D eigenvalue weighted by Gasteiger charge is -2.23. The molecule has 0 aromatic heterocycles. The summed E-state index contributed by atoms with van der Waals surface area (Å²) in [6.45, 7) is 1.29. The Morgan fingerprint density at radius 2 is 2.00 bits per heavy atom. The Kier molecular flexibility index (Phi) is 4.97. The predicted molar refractivity (Wildman–Crippen MR) is 77.1 cm³/mol. The number of ether oxygens (including phenoxy) is 1. The van der Waals surface area contributed by atoms with Crippen molar-refractivity contribution in [3.05, 3.63) is 28.2 Å². The van der Waals surface area contributed by atoms with Crippen LogP contribution < -0.4 is 10.6 Å². The van der Waals surface area contributed by atoms with E-state index in [1.165, 1.54) is 6.07 Å². The second kappa shape index (κ2) is 6.71. The molecule has 0 spiro atoms. The number of urea groups is 1. The molecule has 1 heterocycles. The summed E-state index contributed by atoms with van der Waals surface area (Å²) in [5.74, 6) is -1.05. The molecule has 108 valence electrons. The van der Waals surface area contributed by atoms with Crippen molar-refractivity contribution in [2.75, 3.05) is 18.5 Å². The molecule has 2 rings (SSSR count). The summed E-state index contributed by atoms with van der Waals surface area (Å²) in [5, 5.41) is 14.5. The summed E-state index contributed by atoms with van der Waals surface area (Å²) in [4.78, 5) is 22.8. The molecule has 0 saturated carbocycles. The van der Waals surface area contributed by atoms with Crippen LogP contribution in [0.5, 0.6) is 0 Å². The van der Waals surface area contributed by atoms with Crippen molar-refractivity contribution in [2.45, 2.75) is 18.9 Å². The molecule has 7 heteroatoms. The third kappa shape index (κ3) is 3.94. The summed E-state index contributed by atoms with van der Waals surface area (Å²) in [6.07, 6.45) is 1.57. The number of carboxylic acids is 1. The monoisotopic (exact) mass is 342 g/mol. The molecule has 0 unspecified atom stereocenters. The highest BCUT2D eigenvalue weighted by Gasteiger charge is 2.16. The zero-order valence-electron chi connectivity index (χ0n) is 10.7. The van der Waals surface area contributed by atoms with E-state index >= 15 is 0 Å². The smallest absolute Gasteiger partial charge is 0.336 e. The predicted octanol–water partition coefficient (Wildman–Crippen LogP) is 2.45. The maximum atomic E-state index is 11.8. The summed E-state index contributed by atoms with van der Waals surface area (Å²) in [5.41, 5.74) is 0.545. The molecule has 1 fully saturated rings. The number of hydrogen-bond acceptors (Lipinski definition) is 3. The average Bonchev–Trinajstić information content (AvgIpc) is 2.41. The number of halogens is 1. The Bertz CT molecular complexity index is 515. The molecule has 0 bridgehead atoms. The minimum Gasteiger partial charge on any atom is -0.478 e. The molecule has 20 heavy (non-hydrogen) atoms.